The lowest BCUT2D eigenvalue weighted by atomic mass is 10.0. The second-order valence-electron chi connectivity index (χ2n) is 4.92. The largest absolute Gasteiger partial charge is 0.357 e. The van der Waals surface area contributed by atoms with Gasteiger partial charge in [0.05, 0.1) is 0 Å². The molecule has 0 saturated carbocycles. The third-order valence-electron chi connectivity index (χ3n) is 3.42. The van der Waals surface area contributed by atoms with Crippen molar-refractivity contribution in [1.29, 1.82) is 0 Å². The van der Waals surface area contributed by atoms with E-state index < -0.39 is 0 Å². The molecule has 0 fully saturated rings. The van der Waals surface area contributed by atoms with E-state index in [0.717, 1.165) is 22.2 Å². The molecule has 0 spiro atoms. The van der Waals surface area contributed by atoms with Crippen LogP contribution < -0.4 is 10.0 Å². The molecule has 3 rings (SSSR count). The molecule has 0 bridgehead atoms. The molecule has 5 nitrogen and oxygen atoms in total. The minimum Gasteiger partial charge on any atom is -0.357 e. The van der Waals surface area contributed by atoms with Crippen LogP contribution in [0.3, 0.4) is 0 Å². The number of nitrogens with one attached hydrogen (secondary N) is 2. The fourth-order valence-electron chi connectivity index (χ4n) is 2.30. The van der Waals surface area contributed by atoms with Crippen molar-refractivity contribution in [2.45, 2.75) is 6.92 Å². The minimum atomic E-state index is 0.579. The Morgan fingerprint density at radius 1 is 1.09 bits per heavy atom. The maximum atomic E-state index is 4.47. The normalized spacial score (nSPS) is 10.7. The van der Waals surface area contributed by atoms with Crippen molar-refractivity contribution in [3.05, 3.63) is 42.2 Å². The first-order valence-corrected chi connectivity index (χ1v) is 8.14. The van der Waals surface area contributed by atoms with Gasteiger partial charge in [-0.25, -0.2) is 9.97 Å². The summed E-state index contributed by atoms with van der Waals surface area (Å²) in [5, 5.41) is 3.85. The number of hydrogen-bond acceptors (Lipinski definition) is 6. The first-order chi connectivity index (χ1) is 10.7. The monoisotopic (exact) mass is 311 g/mol. The summed E-state index contributed by atoms with van der Waals surface area (Å²) in [5.74, 6) is 0.579. The van der Waals surface area contributed by atoms with Crippen molar-refractivity contribution in [1.82, 2.24) is 15.0 Å². The molecule has 0 aliphatic carbocycles. The number of fused-ring (bicyclic) bond motifs is 1. The van der Waals surface area contributed by atoms with Gasteiger partial charge in [0.25, 0.3) is 0 Å². The molecule has 0 aliphatic heterocycles. The van der Waals surface area contributed by atoms with Crippen molar-refractivity contribution >= 4 is 34.6 Å². The van der Waals surface area contributed by atoms with Gasteiger partial charge in [0.1, 0.15) is 0 Å². The van der Waals surface area contributed by atoms with Gasteiger partial charge < -0.3 is 10.0 Å². The Morgan fingerprint density at radius 3 is 2.73 bits per heavy atom. The predicted molar refractivity (Wildman–Crippen MR) is 94.2 cm³/mol. The Balaban J connectivity index is 2.08. The Kier molecular flexibility index (Phi) is 4.11. The van der Waals surface area contributed by atoms with Crippen molar-refractivity contribution in [3.8, 4) is 11.1 Å². The van der Waals surface area contributed by atoms with E-state index in [1.807, 2.05) is 12.5 Å². The fourth-order valence-corrected chi connectivity index (χ4v) is 2.67. The zero-order valence-electron chi connectivity index (χ0n) is 12.7. The zero-order valence-corrected chi connectivity index (χ0v) is 13.5. The first-order valence-electron chi connectivity index (χ1n) is 6.92. The summed E-state index contributed by atoms with van der Waals surface area (Å²) in [5.41, 5.74) is 5.20. The van der Waals surface area contributed by atoms with E-state index in [9.17, 15) is 0 Å². The van der Waals surface area contributed by atoms with Gasteiger partial charge in [-0.2, -0.15) is 4.98 Å². The van der Waals surface area contributed by atoms with E-state index in [1.54, 1.807) is 25.2 Å². The molecule has 22 heavy (non-hydrogen) atoms. The van der Waals surface area contributed by atoms with E-state index in [-0.39, 0.29) is 0 Å². The maximum Gasteiger partial charge on any atom is 0.224 e. The number of nitrogens with zero attached hydrogens (tertiary/aromatic N) is 3. The highest BCUT2D eigenvalue weighted by Crippen LogP contribution is 2.28. The number of hydrogen-bond donors (Lipinski definition) is 2. The fraction of sp³-hybridized carbons (Fsp3) is 0.188. The highest BCUT2D eigenvalue weighted by atomic mass is 32.2. The van der Waals surface area contributed by atoms with Gasteiger partial charge in [-0.15, -0.1) is 0 Å². The van der Waals surface area contributed by atoms with E-state index in [1.165, 1.54) is 5.56 Å². The molecule has 0 amide bonds. The van der Waals surface area contributed by atoms with Crippen molar-refractivity contribution in [3.63, 3.8) is 0 Å². The van der Waals surface area contributed by atoms with Gasteiger partial charge in [-0.05, 0) is 36.2 Å². The molecule has 6 heteroatoms. The molecular formula is C16H17N5S. The number of aryl methyl sites for hydroxylation is 1. The Bertz CT molecular complexity index is 819. The summed E-state index contributed by atoms with van der Waals surface area (Å²) in [4.78, 5) is 13.1. The average Bonchev–Trinajstić information content (AvgIpc) is 2.56. The minimum absolute atomic E-state index is 0.579. The highest BCUT2D eigenvalue weighted by Gasteiger charge is 2.07. The predicted octanol–water partition coefficient (Wildman–Crippen LogP) is 3.73. The molecule has 1 aromatic carbocycles. The van der Waals surface area contributed by atoms with Crippen LogP contribution in [0.1, 0.15) is 5.56 Å². The van der Waals surface area contributed by atoms with Crippen LogP contribution >= 0.6 is 11.9 Å². The summed E-state index contributed by atoms with van der Waals surface area (Å²) >= 11 is 1.58. The zero-order chi connectivity index (χ0) is 15.5. The molecular weight excluding hydrogens is 294 g/mol. The van der Waals surface area contributed by atoms with Crippen molar-refractivity contribution in [2.75, 3.05) is 23.3 Å². The van der Waals surface area contributed by atoms with Gasteiger partial charge in [0.15, 0.2) is 5.65 Å². The van der Waals surface area contributed by atoms with Crippen LogP contribution in [0.25, 0.3) is 22.2 Å². The van der Waals surface area contributed by atoms with Crippen LogP contribution in [-0.4, -0.2) is 28.3 Å². The second kappa shape index (κ2) is 6.19. The molecule has 3 aromatic rings. The average molecular weight is 311 g/mol. The van der Waals surface area contributed by atoms with E-state index in [0.29, 0.717) is 11.6 Å². The number of anilines is 2. The number of pyridine rings is 1. The van der Waals surface area contributed by atoms with Crippen molar-refractivity contribution in [2.24, 2.45) is 0 Å². The lowest BCUT2D eigenvalue weighted by Gasteiger charge is -2.10. The highest BCUT2D eigenvalue weighted by molar-refractivity contribution is 7.99. The summed E-state index contributed by atoms with van der Waals surface area (Å²) in [6.07, 6.45) is 5.66. The smallest absolute Gasteiger partial charge is 0.224 e. The Morgan fingerprint density at radius 2 is 1.95 bits per heavy atom. The first kappa shape index (κ1) is 14.6. The lowest BCUT2D eigenvalue weighted by Crippen LogP contribution is -1.97. The van der Waals surface area contributed by atoms with E-state index >= 15 is 0 Å². The molecule has 2 aromatic heterocycles. The SMILES string of the molecule is CNc1ncc2cc(-c3cc(NSC)ccc3C)cnc2n1. The van der Waals surface area contributed by atoms with Gasteiger partial charge in [0, 0.05) is 42.3 Å². The van der Waals surface area contributed by atoms with Crippen LogP contribution in [-0.2, 0) is 0 Å². The lowest BCUT2D eigenvalue weighted by molar-refractivity contribution is 1.16. The van der Waals surface area contributed by atoms with Crippen LogP contribution in [0, 0.1) is 6.92 Å². The molecule has 2 N–H and O–H groups in total. The summed E-state index contributed by atoms with van der Waals surface area (Å²) < 4.78 is 3.26. The molecule has 0 radical (unpaired) electrons. The van der Waals surface area contributed by atoms with Crippen LogP contribution in [0.15, 0.2) is 36.7 Å². The molecule has 112 valence electrons. The molecule has 0 aliphatic rings. The standard InChI is InChI=1S/C16H17N5S/c1-10-4-5-13(21-22-3)7-14(10)11-6-12-9-19-16(17-2)20-15(12)18-8-11/h4-9,21H,1-3H3,(H,17,18,19,20). The van der Waals surface area contributed by atoms with Crippen LogP contribution in [0.4, 0.5) is 11.6 Å². The summed E-state index contributed by atoms with van der Waals surface area (Å²) in [6, 6.07) is 8.40. The van der Waals surface area contributed by atoms with Crippen LogP contribution in [0.5, 0.6) is 0 Å². The Labute approximate surface area is 133 Å². The number of benzene rings is 1. The third-order valence-corrected chi connectivity index (χ3v) is 3.86. The van der Waals surface area contributed by atoms with E-state index in [4.69, 9.17) is 0 Å². The maximum absolute atomic E-state index is 4.47. The van der Waals surface area contributed by atoms with Gasteiger partial charge in [-0.1, -0.05) is 18.0 Å². The van der Waals surface area contributed by atoms with Crippen LogP contribution in [0.2, 0.25) is 0 Å². The summed E-state index contributed by atoms with van der Waals surface area (Å²) in [7, 11) is 1.79. The topological polar surface area (TPSA) is 62.7 Å². The van der Waals surface area contributed by atoms with E-state index in [2.05, 4.69) is 56.2 Å². The van der Waals surface area contributed by atoms with Gasteiger partial charge >= 0.3 is 0 Å². The van der Waals surface area contributed by atoms with Gasteiger partial charge in [0.2, 0.25) is 5.95 Å². The molecule has 0 unspecified atom stereocenters. The molecule has 0 atom stereocenters. The quantitative estimate of drug-likeness (QED) is 0.716. The van der Waals surface area contributed by atoms with Crippen molar-refractivity contribution < 1.29 is 0 Å². The number of rotatable bonds is 4. The number of aromatic nitrogens is 3. The molecule has 0 saturated heterocycles. The molecule has 2 heterocycles. The summed E-state index contributed by atoms with van der Waals surface area (Å²) in [6.45, 7) is 2.10. The Hall–Kier alpha value is -2.34. The van der Waals surface area contributed by atoms with Gasteiger partial charge in [-0.3, -0.25) is 0 Å². The second-order valence-corrected chi connectivity index (χ2v) is 5.53. The third kappa shape index (κ3) is 2.82.